The zero-order valence-corrected chi connectivity index (χ0v) is 15.4. The van der Waals surface area contributed by atoms with Gasteiger partial charge in [-0.1, -0.05) is 40.9 Å². The first kappa shape index (κ1) is 19.8. The van der Waals surface area contributed by atoms with E-state index in [1.54, 1.807) is 24.3 Å². The molecule has 0 unspecified atom stereocenters. The second-order valence-electron chi connectivity index (χ2n) is 5.39. The molecule has 0 bridgehead atoms. The summed E-state index contributed by atoms with van der Waals surface area (Å²) in [7, 11) is 0. The third kappa shape index (κ3) is 6.06. The maximum atomic E-state index is 11.9. The summed E-state index contributed by atoms with van der Waals surface area (Å²) in [5.41, 5.74) is 1.72. The van der Waals surface area contributed by atoms with Crippen LogP contribution in [0.25, 0.3) is 0 Å². The molecule has 0 aromatic heterocycles. The van der Waals surface area contributed by atoms with E-state index >= 15 is 0 Å². The van der Waals surface area contributed by atoms with Gasteiger partial charge in [-0.25, -0.2) is 0 Å². The number of ether oxygens (including phenoxy) is 1. The van der Waals surface area contributed by atoms with Gasteiger partial charge in [-0.3, -0.25) is 14.4 Å². The summed E-state index contributed by atoms with van der Waals surface area (Å²) in [5, 5.41) is 5.63. The molecule has 2 aromatic rings. The number of halogens is 2. The molecular weight excluding hydrogens is 379 g/mol. The number of rotatable bonds is 6. The number of hydrogen-bond acceptors (Lipinski definition) is 4. The van der Waals surface area contributed by atoms with Gasteiger partial charge in [-0.05, 0) is 37.3 Å². The normalized spacial score (nSPS) is 10.1. The number of benzene rings is 2. The zero-order chi connectivity index (χ0) is 19.1. The molecule has 0 spiro atoms. The van der Waals surface area contributed by atoms with E-state index < -0.39 is 24.4 Å². The lowest BCUT2D eigenvalue weighted by molar-refractivity contribution is -0.146. The number of esters is 1. The number of carbonyl (C=O) groups excluding carboxylic acids is 3. The first-order valence-corrected chi connectivity index (χ1v) is 8.36. The second-order valence-corrected chi connectivity index (χ2v) is 6.23. The summed E-state index contributed by atoms with van der Waals surface area (Å²) < 4.78 is 4.81. The van der Waals surface area contributed by atoms with Crippen molar-refractivity contribution in [2.75, 3.05) is 18.5 Å². The second kappa shape index (κ2) is 9.22. The van der Waals surface area contributed by atoms with E-state index in [1.165, 1.54) is 12.1 Å². The Balaban J connectivity index is 1.76. The van der Waals surface area contributed by atoms with Gasteiger partial charge in [0.2, 0.25) is 0 Å². The summed E-state index contributed by atoms with van der Waals surface area (Å²) in [6.07, 6.45) is 0. The highest BCUT2D eigenvalue weighted by Crippen LogP contribution is 2.25. The molecular formula is C18H16Cl2N2O4. The van der Waals surface area contributed by atoms with Crippen LogP contribution >= 0.6 is 23.2 Å². The molecule has 6 nitrogen and oxygen atoms in total. The summed E-state index contributed by atoms with van der Waals surface area (Å²) in [4.78, 5) is 35.4. The van der Waals surface area contributed by atoms with Gasteiger partial charge in [0.25, 0.3) is 11.8 Å². The Hall–Kier alpha value is -2.57. The van der Waals surface area contributed by atoms with Crippen molar-refractivity contribution in [3.63, 3.8) is 0 Å². The number of anilines is 1. The molecule has 0 aliphatic rings. The highest BCUT2D eigenvalue weighted by Gasteiger charge is 2.12. The van der Waals surface area contributed by atoms with Gasteiger partial charge in [0, 0.05) is 10.6 Å². The van der Waals surface area contributed by atoms with Crippen LogP contribution in [-0.2, 0) is 14.3 Å². The van der Waals surface area contributed by atoms with Crippen molar-refractivity contribution in [2.45, 2.75) is 6.92 Å². The minimum Gasteiger partial charge on any atom is -0.454 e. The highest BCUT2D eigenvalue weighted by atomic mass is 35.5. The maximum absolute atomic E-state index is 11.9. The third-order valence-electron chi connectivity index (χ3n) is 3.24. The summed E-state index contributed by atoms with van der Waals surface area (Å²) in [6.45, 7) is 1.01. The SMILES string of the molecule is Cc1cccc(C(=O)NCC(=O)OCC(=O)Nc2ccc(Cl)cc2Cl)c1. The largest absolute Gasteiger partial charge is 0.454 e. The van der Waals surface area contributed by atoms with E-state index in [0.717, 1.165) is 5.56 Å². The highest BCUT2D eigenvalue weighted by molar-refractivity contribution is 6.36. The Morgan fingerprint density at radius 2 is 1.85 bits per heavy atom. The smallest absolute Gasteiger partial charge is 0.325 e. The Kier molecular flexibility index (Phi) is 7.00. The Bertz CT molecular complexity index is 840. The molecule has 0 saturated heterocycles. The van der Waals surface area contributed by atoms with Crippen LogP contribution in [0.3, 0.4) is 0 Å². The van der Waals surface area contributed by atoms with Crippen LogP contribution in [0, 0.1) is 6.92 Å². The summed E-state index contributed by atoms with van der Waals surface area (Å²) in [6, 6.07) is 11.5. The molecule has 136 valence electrons. The van der Waals surface area contributed by atoms with Gasteiger partial charge in [-0.15, -0.1) is 0 Å². The summed E-state index contributed by atoms with van der Waals surface area (Å²) >= 11 is 11.7. The fourth-order valence-electron chi connectivity index (χ4n) is 2.02. The first-order chi connectivity index (χ1) is 12.3. The molecule has 0 radical (unpaired) electrons. The van der Waals surface area contributed by atoms with Crippen LogP contribution in [0.15, 0.2) is 42.5 Å². The van der Waals surface area contributed by atoms with E-state index in [4.69, 9.17) is 27.9 Å². The Morgan fingerprint density at radius 3 is 2.54 bits per heavy atom. The maximum Gasteiger partial charge on any atom is 0.325 e. The van der Waals surface area contributed by atoms with Crippen molar-refractivity contribution in [3.8, 4) is 0 Å². The molecule has 2 N–H and O–H groups in total. The van der Waals surface area contributed by atoms with Crippen molar-refractivity contribution in [3.05, 3.63) is 63.6 Å². The molecule has 0 heterocycles. The lowest BCUT2D eigenvalue weighted by Crippen LogP contribution is -2.32. The van der Waals surface area contributed by atoms with Gasteiger partial charge in [0.15, 0.2) is 6.61 Å². The monoisotopic (exact) mass is 394 g/mol. The fourth-order valence-corrected chi connectivity index (χ4v) is 2.47. The quantitative estimate of drug-likeness (QED) is 0.736. The van der Waals surface area contributed by atoms with E-state index in [1.807, 2.05) is 13.0 Å². The minimum absolute atomic E-state index is 0.266. The van der Waals surface area contributed by atoms with Gasteiger partial charge in [-0.2, -0.15) is 0 Å². The Labute approximate surface area is 160 Å². The Morgan fingerprint density at radius 1 is 1.08 bits per heavy atom. The standard InChI is InChI=1S/C18H16Cl2N2O4/c1-11-3-2-4-12(7-11)18(25)21-9-17(24)26-10-16(23)22-15-6-5-13(19)8-14(15)20/h2-8H,9-10H2,1H3,(H,21,25)(H,22,23). The topological polar surface area (TPSA) is 84.5 Å². The fraction of sp³-hybridized carbons (Fsp3) is 0.167. The molecule has 2 aromatic carbocycles. The van der Waals surface area contributed by atoms with Crippen molar-refractivity contribution in [1.82, 2.24) is 5.32 Å². The van der Waals surface area contributed by atoms with E-state index in [0.29, 0.717) is 16.3 Å². The molecule has 0 saturated carbocycles. The molecule has 0 aliphatic carbocycles. The van der Waals surface area contributed by atoms with E-state index in [9.17, 15) is 14.4 Å². The number of aryl methyl sites for hydroxylation is 1. The van der Waals surface area contributed by atoms with Gasteiger partial charge in [0.1, 0.15) is 6.54 Å². The molecule has 0 aliphatic heterocycles. The lowest BCUT2D eigenvalue weighted by Gasteiger charge is -2.09. The zero-order valence-electron chi connectivity index (χ0n) is 13.8. The van der Waals surface area contributed by atoms with Crippen molar-refractivity contribution in [2.24, 2.45) is 0 Å². The van der Waals surface area contributed by atoms with Gasteiger partial charge < -0.3 is 15.4 Å². The number of carbonyl (C=O) groups is 3. The van der Waals surface area contributed by atoms with E-state index in [-0.39, 0.29) is 11.6 Å². The van der Waals surface area contributed by atoms with Crippen LogP contribution < -0.4 is 10.6 Å². The molecule has 2 rings (SSSR count). The van der Waals surface area contributed by atoms with E-state index in [2.05, 4.69) is 10.6 Å². The van der Waals surface area contributed by atoms with Crippen molar-refractivity contribution in [1.29, 1.82) is 0 Å². The molecule has 0 atom stereocenters. The lowest BCUT2D eigenvalue weighted by atomic mass is 10.1. The number of amides is 2. The average Bonchev–Trinajstić information content (AvgIpc) is 2.60. The third-order valence-corrected chi connectivity index (χ3v) is 3.79. The predicted molar refractivity (Wildman–Crippen MR) is 99.6 cm³/mol. The van der Waals surface area contributed by atoms with Crippen molar-refractivity contribution >= 4 is 46.7 Å². The van der Waals surface area contributed by atoms with Crippen LogP contribution in [0.4, 0.5) is 5.69 Å². The van der Waals surface area contributed by atoms with Gasteiger partial charge >= 0.3 is 5.97 Å². The molecule has 8 heteroatoms. The molecule has 2 amide bonds. The average molecular weight is 395 g/mol. The van der Waals surface area contributed by atoms with Gasteiger partial charge in [0.05, 0.1) is 10.7 Å². The first-order valence-electron chi connectivity index (χ1n) is 7.60. The number of nitrogens with one attached hydrogen (secondary N) is 2. The molecule has 26 heavy (non-hydrogen) atoms. The molecule has 0 fully saturated rings. The van der Waals surface area contributed by atoms with Crippen molar-refractivity contribution < 1.29 is 19.1 Å². The van der Waals surface area contributed by atoms with Crippen LogP contribution in [0.1, 0.15) is 15.9 Å². The van der Waals surface area contributed by atoms with Crippen LogP contribution in [-0.4, -0.2) is 30.9 Å². The predicted octanol–water partition coefficient (Wildman–Crippen LogP) is 3.21. The number of hydrogen-bond donors (Lipinski definition) is 2. The minimum atomic E-state index is -0.733. The summed E-state index contributed by atoms with van der Waals surface area (Å²) in [5.74, 6) is -1.70. The van der Waals surface area contributed by atoms with Crippen LogP contribution in [0.2, 0.25) is 10.0 Å². The van der Waals surface area contributed by atoms with Crippen LogP contribution in [0.5, 0.6) is 0 Å².